The SMILES string of the molecule is CCc1cccc(NC(=O)CSc2nnc(C)n2-c2ccccc2C)c1. The molecule has 0 aliphatic carbocycles. The highest BCUT2D eigenvalue weighted by molar-refractivity contribution is 7.99. The number of nitrogens with zero attached hydrogens (tertiary/aromatic N) is 3. The van der Waals surface area contributed by atoms with Crippen molar-refractivity contribution < 1.29 is 4.79 Å². The van der Waals surface area contributed by atoms with Crippen LogP contribution in [0.3, 0.4) is 0 Å². The Morgan fingerprint density at radius 2 is 1.92 bits per heavy atom. The summed E-state index contributed by atoms with van der Waals surface area (Å²) >= 11 is 1.39. The average molecular weight is 366 g/mol. The lowest BCUT2D eigenvalue weighted by atomic mass is 10.1. The zero-order valence-corrected chi connectivity index (χ0v) is 16.0. The fraction of sp³-hybridized carbons (Fsp3) is 0.250. The van der Waals surface area contributed by atoms with E-state index in [2.05, 4.69) is 41.5 Å². The number of nitrogens with one attached hydrogen (secondary N) is 1. The number of aryl methyl sites for hydroxylation is 3. The van der Waals surface area contributed by atoms with E-state index < -0.39 is 0 Å². The standard InChI is InChI=1S/C20H22N4OS/c1-4-16-9-7-10-17(12-16)21-19(25)13-26-20-23-22-15(3)24(20)18-11-6-5-8-14(18)2/h5-12H,4,13H2,1-3H3,(H,21,25). The van der Waals surface area contributed by atoms with Crippen LogP contribution in [0.1, 0.15) is 23.9 Å². The Labute approximate surface area is 157 Å². The fourth-order valence-corrected chi connectivity index (χ4v) is 3.51. The van der Waals surface area contributed by atoms with Crippen molar-refractivity contribution in [2.24, 2.45) is 0 Å². The van der Waals surface area contributed by atoms with Crippen LogP contribution in [0.25, 0.3) is 5.69 Å². The Balaban J connectivity index is 1.70. The molecular formula is C20H22N4OS. The van der Waals surface area contributed by atoms with Crippen molar-refractivity contribution in [3.63, 3.8) is 0 Å². The average Bonchev–Trinajstić information content (AvgIpc) is 3.01. The number of para-hydroxylation sites is 1. The number of amides is 1. The highest BCUT2D eigenvalue weighted by Crippen LogP contribution is 2.24. The number of hydrogen-bond donors (Lipinski definition) is 1. The van der Waals surface area contributed by atoms with Gasteiger partial charge in [-0.25, -0.2) is 0 Å². The van der Waals surface area contributed by atoms with Gasteiger partial charge in [0, 0.05) is 5.69 Å². The van der Waals surface area contributed by atoms with Gasteiger partial charge in [-0.2, -0.15) is 0 Å². The minimum Gasteiger partial charge on any atom is -0.325 e. The van der Waals surface area contributed by atoms with E-state index in [9.17, 15) is 4.79 Å². The molecule has 0 aliphatic heterocycles. The van der Waals surface area contributed by atoms with E-state index in [0.717, 1.165) is 29.2 Å². The lowest BCUT2D eigenvalue weighted by Gasteiger charge is -2.11. The molecule has 5 nitrogen and oxygen atoms in total. The minimum absolute atomic E-state index is 0.0553. The Morgan fingerprint density at radius 1 is 1.12 bits per heavy atom. The zero-order chi connectivity index (χ0) is 18.5. The van der Waals surface area contributed by atoms with E-state index >= 15 is 0 Å². The summed E-state index contributed by atoms with van der Waals surface area (Å²) in [6.45, 7) is 6.06. The molecule has 0 saturated heterocycles. The summed E-state index contributed by atoms with van der Waals surface area (Å²) in [5, 5.41) is 12.1. The number of carbonyl (C=O) groups is 1. The number of carbonyl (C=O) groups excluding carboxylic acids is 1. The normalized spacial score (nSPS) is 10.7. The maximum atomic E-state index is 12.3. The molecule has 0 aliphatic rings. The minimum atomic E-state index is -0.0553. The Morgan fingerprint density at radius 3 is 2.69 bits per heavy atom. The Kier molecular flexibility index (Phi) is 5.73. The predicted octanol–water partition coefficient (Wildman–Crippen LogP) is 4.18. The predicted molar refractivity (Wildman–Crippen MR) is 106 cm³/mol. The summed E-state index contributed by atoms with van der Waals surface area (Å²) in [4.78, 5) is 12.3. The van der Waals surface area contributed by atoms with Gasteiger partial charge in [-0.15, -0.1) is 10.2 Å². The number of aromatic nitrogens is 3. The van der Waals surface area contributed by atoms with E-state index in [-0.39, 0.29) is 11.7 Å². The van der Waals surface area contributed by atoms with Crippen LogP contribution in [0.15, 0.2) is 53.7 Å². The largest absolute Gasteiger partial charge is 0.325 e. The quantitative estimate of drug-likeness (QED) is 0.665. The van der Waals surface area contributed by atoms with Crippen LogP contribution in [0.2, 0.25) is 0 Å². The number of benzene rings is 2. The summed E-state index contributed by atoms with van der Waals surface area (Å²) in [5.41, 5.74) is 4.20. The summed E-state index contributed by atoms with van der Waals surface area (Å²) in [6, 6.07) is 16.0. The second-order valence-corrected chi connectivity index (χ2v) is 6.98. The maximum absolute atomic E-state index is 12.3. The molecule has 2 aromatic carbocycles. The molecule has 3 aromatic rings. The molecule has 1 heterocycles. The third-order valence-corrected chi connectivity index (χ3v) is 5.03. The maximum Gasteiger partial charge on any atom is 0.234 e. The zero-order valence-electron chi connectivity index (χ0n) is 15.2. The molecule has 6 heteroatoms. The van der Waals surface area contributed by atoms with Gasteiger partial charge in [0.2, 0.25) is 5.91 Å². The van der Waals surface area contributed by atoms with E-state index in [0.29, 0.717) is 5.16 Å². The molecular weight excluding hydrogens is 344 g/mol. The van der Waals surface area contributed by atoms with E-state index in [1.807, 2.05) is 47.9 Å². The van der Waals surface area contributed by atoms with Crippen LogP contribution in [0.5, 0.6) is 0 Å². The van der Waals surface area contributed by atoms with Gasteiger partial charge >= 0.3 is 0 Å². The first kappa shape index (κ1) is 18.2. The number of rotatable bonds is 6. The van der Waals surface area contributed by atoms with Crippen LogP contribution in [0, 0.1) is 13.8 Å². The molecule has 1 amide bonds. The van der Waals surface area contributed by atoms with Gasteiger partial charge in [0.1, 0.15) is 5.82 Å². The molecule has 134 valence electrons. The second kappa shape index (κ2) is 8.19. The van der Waals surface area contributed by atoms with Crippen molar-refractivity contribution in [3.05, 3.63) is 65.5 Å². The van der Waals surface area contributed by atoms with Gasteiger partial charge < -0.3 is 5.32 Å². The van der Waals surface area contributed by atoms with Crippen LogP contribution in [-0.4, -0.2) is 26.4 Å². The first-order valence-electron chi connectivity index (χ1n) is 8.58. The Hall–Kier alpha value is -2.60. The molecule has 0 unspecified atom stereocenters. The molecule has 0 fully saturated rings. The van der Waals surface area contributed by atoms with Crippen LogP contribution >= 0.6 is 11.8 Å². The van der Waals surface area contributed by atoms with Crippen LogP contribution in [-0.2, 0) is 11.2 Å². The number of hydrogen-bond acceptors (Lipinski definition) is 4. The smallest absolute Gasteiger partial charge is 0.234 e. The van der Waals surface area contributed by atoms with E-state index in [1.165, 1.54) is 17.3 Å². The van der Waals surface area contributed by atoms with Crippen molar-refractivity contribution in [3.8, 4) is 5.69 Å². The van der Waals surface area contributed by atoms with Crippen LogP contribution < -0.4 is 5.32 Å². The first-order chi connectivity index (χ1) is 12.6. The fourth-order valence-electron chi connectivity index (χ4n) is 2.72. The van der Waals surface area contributed by atoms with Crippen molar-refractivity contribution in [1.82, 2.24) is 14.8 Å². The van der Waals surface area contributed by atoms with Gasteiger partial charge in [-0.3, -0.25) is 9.36 Å². The summed E-state index contributed by atoms with van der Waals surface area (Å²) in [5.74, 6) is 1.03. The summed E-state index contributed by atoms with van der Waals surface area (Å²) in [6.07, 6.45) is 0.942. The van der Waals surface area contributed by atoms with E-state index in [4.69, 9.17) is 0 Å². The highest BCUT2D eigenvalue weighted by Gasteiger charge is 2.14. The molecule has 1 N–H and O–H groups in total. The molecule has 0 radical (unpaired) electrons. The monoisotopic (exact) mass is 366 g/mol. The van der Waals surface area contributed by atoms with E-state index in [1.54, 1.807) is 0 Å². The van der Waals surface area contributed by atoms with Crippen LogP contribution in [0.4, 0.5) is 5.69 Å². The lowest BCUT2D eigenvalue weighted by molar-refractivity contribution is -0.113. The third-order valence-electron chi connectivity index (χ3n) is 4.10. The molecule has 0 bridgehead atoms. The molecule has 3 rings (SSSR count). The summed E-state index contributed by atoms with van der Waals surface area (Å²) < 4.78 is 1.99. The molecule has 0 atom stereocenters. The second-order valence-electron chi connectivity index (χ2n) is 6.04. The first-order valence-corrected chi connectivity index (χ1v) is 9.56. The van der Waals surface area contributed by atoms with Gasteiger partial charge in [0.15, 0.2) is 5.16 Å². The van der Waals surface area contributed by atoms with Gasteiger partial charge in [0.25, 0.3) is 0 Å². The molecule has 0 saturated carbocycles. The molecule has 26 heavy (non-hydrogen) atoms. The van der Waals surface area contributed by atoms with Crippen molar-refractivity contribution in [2.45, 2.75) is 32.3 Å². The van der Waals surface area contributed by atoms with Crippen molar-refractivity contribution in [1.29, 1.82) is 0 Å². The highest BCUT2D eigenvalue weighted by atomic mass is 32.2. The Bertz CT molecular complexity index is 920. The topological polar surface area (TPSA) is 59.8 Å². The van der Waals surface area contributed by atoms with Crippen molar-refractivity contribution >= 4 is 23.4 Å². The molecule has 1 aromatic heterocycles. The molecule has 0 spiro atoms. The van der Waals surface area contributed by atoms with Crippen molar-refractivity contribution in [2.75, 3.05) is 11.1 Å². The van der Waals surface area contributed by atoms with Gasteiger partial charge in [0.05, 0.1) is 11.4 Å². The number of anilines is 1. The number of thioether (sulfide) groups is 1. The third kappa shape index (κ3) is 4.14. The van der Waals surface area contributed by atoms with Gasteiger partial charge in [-0.1, -0.05) is 49.0 Å². The lowest BCUT2D eigenvalue weighted by Crippen LogP contribution is -2.14. The van der Waals surface area contributed by atoms with Gasteiger partial charge in [-0.05, 0) is 49.6 Å². The summed E-state index contributed by atoms with van der Waals surface area (Å²) in [7, 11) is 0.